The summed E-state index contributed by atoms with van der Waals surface area (Å²) in [5, 5.41) is 5.72. The predicted molar refractivity (Wildman–Crippen MR) is 101 cm³/mol. The van der Waals surface area contributed by atoms with Gasteiger partial charge in [0.1, 0.15) is 0 Å². The van der Waals surface area contributed by atoms with Gasteiger partial charge in [-0.2, -0.15) is 0 Å². The van der Waals surface area contributed by atoms with Crippen LogP contribution in [0.15, 0.2) is 36.4 Å². The fraction of sp³-hybridized carbons (Fsp3) is 0.400. The van der Waals surface area contributed by atoms with Crippen molar-refractivity contribution in [2.45, 2.75) is 38.5 Å². The summed E-state index contributed by atoms with van der Waals surface area (Å²) in [6, 6.07) is 11.1. The zero-order valence-electron chi connectivity index (χ0n) is 14.3. The smallest absolute Gasteiger partial charge is 0.261 e. The van der Waals surface area contributed by atoms with Gasteiger partial charge in [0.15, 0.2) is 0 Å². The van der Waals surface area contributed by atoms with Gasteiger partial charge in [-0.05, 0) is 49.4 Å². The molecule has 0 aliphatic heterocycles. The molecule has 2 aromatic rings. The highest BCUT2D eigenvalue weighted by molar-refractivity contribution is 7.14. The number of fused-ring (bicyclic) bond motifs is 1. The standard InChI is InChI=1S/C20H24N2O2S/c23-19(15-8-5-3-6-9-15)21-12-13-22-20(24)18-14-16-10-4-1-2-7-11-17(16)25-18/h3,5-6,8-9,14H,1-2,4,7,10-13H2,(H,21,23)(H,22,24). The van der Waals surface area contributed by atoms with Crippen molar-refractivity contribution in [1.29, 1.82) is 0 Å². The minimum atomic E-state index is -0.117. The number of carbonyl (C=O) groups excluding carboxylic acids is 2. The number of amides is 2. The molecule has 3 rings (SSSR count). The molecule has 1 aliphatic carbocycles. The van der Waals surface area contributed by atoms with E-state index in [-0.39, 0.29) is 11.8 Å². The molecular formula is C20H24N2O2S. The maximum absolute atomic E-state index is 12.3. The maximum atomic E-state index is 12.3. The molecule has 1 aliphatic rings. The van der Waals surface area contributed by atoms with Gasteiger partial charge >= 0.3 is 0 Å². The molecule has 0 unspecified atom stereocenters. The van der Waals surface area contributed by atoms with Gasteiger partial charge in [0, 0.05) is 23.5 Å². The molecule has 0 fully saturated rings. The van der Waals surface area contributed by atoms with Crippen molar-refractivity contribution >= 4 is 23.2 Å². The highest BCUT2D eigenvalue weighted by Crippen LogP contribution is 2.28. The van der Waals surface area contributed by atoms with Gasteiger partial charge < -0.3 is 10.6 Å². The van der Waals surface area contributed by atoms with Crippen LogP contribution < -0.4 is 10.6 Å². The van der Waals surface area contributed by atoms with Crippen molar-refractivity contribution in [3.8, 4) is 0 Å². The van der Waals surface area contributed by atoms with Crippen LogP contribution in [-0.4, -0.2) is 24.9 Å². The largest absolute Gasteiger partial charge is 0.350 e. The summed E-state index contributed by atoms with van der Waals surface area (Å²) in [6.45, 7) is 0.852. The Hall–Kier alpha value is -2.14. The molecule has 0 saturated heterocycles. The molecule has 0 saturated carbocycles. The molecule has 1 aromatic carbocycles. The summed E-state index contributed by atoms with van der Waals surface area (Å²) in [6.07, 6.45) is 7.21. The quantitative estimate of drug-likeness (QED) is 0.805. The molecule has 0 spiro atoms. The van der Waals surface area contributed by atoms with E-state index in [4.69, 9.17) is 0 Å². The van der Waals surface area contributed by atoms with E-state index in [0.29, 0.717) is 18.7 Å². The molecule has 132 valence electrons. The van der Waals surface area contributed by atoms with Gasteiger partial charge in [0.2, 0.25) is 0 Å². The monoisotopic (exact) mass is 356 g/mol. The fourth-order valence-corrected chi connectivity index (χ4v) is 4.26. The third-order valence-electron chi connectivity index (χ3n) is 4.45. The molecular weight excluding hydrogens is 332 g/mol. The third-order valence-corrected chi connectivity index (χ3v) is 5.69. The number of hydrogen-bond acceptors (Lipinski definition) is 3. The van der Waals surface area contributed by atoms with E-state index in [0.717, 1.165) is 17.7 Å². The molecule has 4 nitrogen and oxygen atoms in total. The molecule has 1 heterocycles. The molecule has 2 N–H and O–H groups in total. The van der Waals surface area contributed by atoms with Crippen molar-refractivity contribution in [3.05, 3.63) is 57.3 Å². The predicted octanol–water partition coefficient (Wildman–Crippen LogP) is 3.57. The van der Waals surface area contributed by atoms with Crippen LogP contribution in [0.4, 0.5) is 0 Å². The molecule has 0 radical (unpaired) electrons. The number of rotatable bonds is 5. The van der Waals surface area contributed by atoms with Crippen LogP contribution in [0.3, 0.4) is 0 Å². The van der Waals surface area contributed by atoms with Crippen molar-refractivity contribution < 1.29 is 9.59 Å². The summed E-state index contributed by atoms with van der Waals surface area (Å²) in [5.41, 5.74) is 1.99. The Morgan fingerprint density at radius 3 is 2.32 bits per heavy atom. The highest BCUT2D eigenvalue weighted by Gasteiger charge is 2.15. The third kappa shape index (κ3) is 4.92. The molecule has 25 heavy (non-hydrogen) atoms. The highest BCUT2D eigenvalue weighted by atomic mass is 32.1. The Balaban J connectivity index is 1.46. The van der Waals surface area contributed by atoms with Crippen LogP contribution in [0.5, 0.6) is 0 Å². The van der Waals surface area contributed by atoms with E-state index in [2.05, 4.69) is 16.7 Å². The zero-order chi connectivity index (χ0) is 17.5. The van der Waals surface area contributed by atoms with E-state index in [9.17, 15) is 9.59 Å². The van der Waals surface area contributed by atoms with E-state index < -0.39 is 0 Å². The van der Waals surface area contributed by atoms with Crippen LogP contribution in [0, 0.1) is 0 Å². The summed E-state index contributed by atoms with van der Waals surface area (Å²) >= 11 is 1.63. The van der Waals surface area contributed by atoms with Gasteiger partial charge in [-0.15, -0.1) is 11.3 Å². The first-order valence-electron chi connectivity index (χ1n) is 8.97. The van der Waals surface area contributed by atoms with Gasteiger partial charge in [-0.3, -0.25) is 9.59 Å². The van der Waals surface area contributed by atoms with Gasteiger partial charge in [-0.1, -0.05) is 31.0 Å². The van der Waals surface area contributed by atoms with E-state index in [1.54, 1.807) is 23.5 Å². The van der Waals surface area contributed by atoms with E-state index in [1.165, 1.54) is 36.1 Å². The SMILES string of the molecule is O=C(NCCNC(=O)c1cc2c(s1)CCCCCC2)c1ccccc1. The lowest BCUT2D eigenvalue weighted by Gasteiger charge is -2.07. The number of benzene rings is 1. The fourth-order valence-electron chi connectivity index (χ4n) is 3.09. The second-order valence-electron chi connectivity index (χ2n) is 6.35. The summed E-state index contributed by atoms with van der Waals surface area (Å²) in [5.74, 6) is -0.153. The van der Waals surface area contributed by atoms with Crippen LogP contribution in [0.25, 0.3) is 0 Å². The van der Waals surface area contributed by atoms with Crippen LogP contribution in [0.1, 0.15) is 56.2 Å². The van der Waals surface area contributed by atoms with Gasteiger partial charge in [0.25, 0.3) is 11.8 Å². The van der Waals surface area contributed by atoms with Crippen molar-refractivity contribution in [2.75, 3.05) is 13.1 Å². The normalized spacial score (nSPS) is 14.1. The average molecular weight is 356 g/mol. The molecule has 5 heteroatoms. The number of nitrogens with one attached hydrogen (secondary N) is 2. The summed E-state index contributed by atoms with van der Waals surface area (Å²) in [4.78, 5) is 26.4. The minimum Gasteiger partial charge on any atom is -0.350 e. The second-order valence-corrected chi connectivity index (χ2v) is 7.49. The Morgan fingerprint density at radius 2 is 1.56 bits per heavy atom. The Labute approximate surface area is 152 Å². The number of thiophene rings is 1. The van der Waals surface area contributed by atoms with Crippen molar-refractivity contribution in [1.82, 2.24) is 10.6 Å². The molecule has 1 aromatic heterocycles. The Morgan fingerprint density at radius 1 is 0.880 bits per heavy atom. The first-order chi connectivity index (χ1) is 12.2. The number of hydrogen-bond donors (Lipinski definition) is 2. The summed E-state index contributed by atoms with van der Waals surface area (Å²) in [7, 11) is 0. The number of aryl methyl sites for hydroxylation is 2. The molecule has 0 atom stereocenters. The Bertz CT molecular complexity index is 699. The Kier molecular flexibility index (Phi) is 6.23. The first-order valence-corrected chi connectivity index (χ1v) is 9.79. The summed E-state index contributed by atoms with van der Waals surface area (Å²) < 4.78 is 0. The van der Waals surface area contributed by atoms with Crippen LogP contribution >= 0.6 is 11.3 Å². The van der Waals surface area contributed by atoms with E-state index in [1.807, 2.05) is 18.2 Å². The molecule has 2 amide bonds. The van der Waals surface area contributed by atoms with Gasteiger partial charge in [-0.25, -0.2) is 0 Å². The maximum Gasteiger partial charge on any atom is 0.261 e. The second kappa shape index (κ2) is 8.81. The lowest BCUT2D eigenvalue weighted by molar-refractivity contribution is 0.0929. The van der Waals surface area contributed by atoms with E-state index >= 15 is 0 Å². The molecule has 0 bridgehead atoms. The lowest BCUT2D eigenvalue weighted by Crippen LogP contribution is -2.34. The average Bonchev–Trinajstić information content (AvgIpc) is 3.01. The van der Waals surface area contributed by atoms with Crippen molar-refractivity contribution in [2.24, 2.45) is 0 Å². The van der Waals surface area contributed by atoms with Crippen LogP contribution in [-0.2, 0) is 12.8 Å². The first kappa shape index (κ1) is 17.7. The van der Waals surface area contributed by atoms with Crippen molar-refractivity contribution in [3.63, 3.8) is 0 Å². The topological polar surface area (TPSA) is 58.2 Å². The number of carbonyl (C=O) groups is 2. The minimum absolute atomic E-state index is 0.0364. The lowest BCUT2D eigenvalue weighted by atomic mass is 10.00. The zero-order valence-corrected chi connectivity index (χ0v) is 15.2. The van der Waals surface area contributed by atoms with Gasteiger partial charge in [0.05, 0.1) is 4.88 Å². The van der Waals surface area contributed by atoms with Crippen LogP contribution in [0.2, 0.25) is 0 Å².